The molecule has 21 heavy (non-hydrogen) atoms. The fourth-order valence-corrected chi connectivity index (χ4v) is 3.29. The molecule has 2 aromatic rings. The second-order valence-corrected chi connectivity index (χ2v) is 6.21. The molecule has 2 nitrogen and oxygen atoms in total. The van der Waals surface area contributed by atoms with E-state index < -0.39 is 0 Å². The van der Waals surface area contributed by atoms with Crippen LogP contribution in [-0.4, -0.2) is 19.7 Å². The first kappa shape index (κ1) is 14.6. The molecule has 0 radical (unpaired) electrons. The second-order valence-electron chi connectivity index (χ2n) is 6.21. The van der Waals surface area contributed by atoms with E-state index in [0.29, 0.717) is 5.41 Å². The molecule has 1 fully saturated rings. The van der Waals surface area contributed by atoms with E-state index in [-0.39, 0.29) is 6.10 Å². The van der Waals surface area contributed by atoms with Crippen LogP contribution in [0.2, 0.25) is 0 Å². The molecule has 0 aromatic heterocycles. The van der Waals surface area contributed by atoms with Gasteiger partial charge in [0.25, 0.3) is 0 Å². The van der Waals surface area contributed by atoms with E-state index in [1.54, 1.807) is 0 Å². The number of ether oxygens (including phenoxy) is 1. The topological polar surface area (TPSA) is 21.3 Å². The van der Waals surface area contributed by atoms with E-state index >= 15 is 0 Å². The Labute approximate surface area is 127 Å². The molecule has 0 bridgehead atoms. The Bertz CT molecular complexity index is 598. The molecule has 1 N–H and O–H groups in total. The van der Waals surface area contributed by atoms with Crippen LogP contribution in [0, 0.1) is 5.41 Å². The predicted octanol–water partition coefficient (Wildman–Crippen LogP) is 4.31. The number of hydrogen-bond acceptors (Lipinski definition) is 2. The van der Waals surface area contributed by atoms with Crippen molar-refractivity contribution in [2.75, 3.05) is 19.7 Å². The van der Waals surface area contributed by atoms with Gasteiger partial charge in [0.1, 0.15) is 0 Å². The summed E-state index contributed by atoms with van der Waals surface area (Å²) in [5.41, 5.74) is 1.60. The summed E-state index contributed by atoms with van der Waals surface area (Å²) in [7, 11) is 0. The summed E-state index contributed by atoms with van der Waals surface area (Å²) in [4.78, 5) is 0. The zero-order valence-corrected chi connectivity index (χ0v) is 13.1. The lowest BCUT2D eigenvalue weighted by molar-refractivity contribution is 0.0109. The second kappa shape index (κ2) is 6.17. The summed E-state index contributed by atoms with van der Waals surface area (Å²) in [6.07, 6.45) is 2.48. The summed E-state index contributed by atoms with van der Waals surface area (Å²) in [6, 6.07) is 15.1. The highest BCUT2D eigenvalue weighted by Gasteiger charge is 2.31. The van der Waals surface area contributed by atoms with Gasteiger partial charge in [0.05, 0.1) is 12.7 Å². The Kier molecular flexibility index (Phi) is 4.27. The third-order valence-electron chi connectivity index (χ3n) is 5.09. The van der Waals surface area contributed by atoms with E-state index in [9.17, 15) is 0 Å². The molecule has 1 aliphatic heterocycles. The number of rotatable bonds is 3. The van der Waals surface area contributed by atoms with Gasteiger partial charge in [-0.1, -0.05) is 56.3 Å². The number of benzene rings is 2. The van der Waals surface area contributed by atoms with Crippen molar-refractivity contribution in [2.24, 2.45) is 5.41 Å². The molecule has 0 saturated carbocycles. The molecule has 1 unspecified atom stereocenters. The van der Waals surface area contributed by atoms with Crippen LogP contribution in [0.1, 0.15) is 38.4 Å². The van der Waals surface area contributed by atoms with Crippen LogP contribution in [0.25, 0.3) is 10.8 Å². The molecule has 112 valence electrons. The van der Waals surface area contributed by atoms with Gasteiger partial charge in [-0.25, -0.2) is 0 Å². The molecule has 2 heteroatoms. The Morgan fingerprint density at radius 3 is 2.67 bits per heavy atom. The van der Waals surface area contributed by atoms with Crippen molar-refractivity contribution < 1.29 is 4.74 Å². The van der Waals surface area contributed by atoms with Crippen molar-refractivity contribution in [2.45, 2.75) is 32.8 Å². The van der Waals surface area contributed by atoms with Crippen LogP contribution in [0.3, 0.4) is 0 Å². The molecular weight excluding hydrogens is 258 g/mol. The highest BCUT2D eigenvalue weighted by molar-refractivity contribution is 5.86. The molecule has 3 rings (SSSR count). The largest absolute Gasteiger partial charge is 0.372 e. The molecule has 1 atom stereocenters. The first-order valence-corrected chi connectivity index (χ1v) is 8.08. The van der Waals surface area contributed by atoms with Gasteiger partial charge in [0, 0.05) is 18.5 Å². The molecule has 2 aromatic carbocycles. The SMILES string of the molecule is CCC1(CC)CNCC(c2cccc3ccccc23)OC1. The van der Waals surface area contributed by atoms with E-state index in [4.69, 9.17) is 4.74 Å². The Morgan fingerprint density at radius 2 is 1.86 bits per heavy atom. The van der Waals surface area contributed by atoms with Crippen molar-refractivity contribution in [3.8, 4) is 0 Å². The van der Waals surface area contributed by atoms with Crippen LogP contribution < -0.4 is 5.32 Å². The lowest BCUT2D eigenvalue weighted by atomic mass is 9.83. The van der Waals surface area contributed by atoms with Gasteiger partial charge in [-0.05, 0) is 29.2 Å². The number of hydrogen-bond donors (Lipinski definition) is 1. The van der Waals surface area contributed by atoms with Crippen molar-refractivity contribution in [1.82, 2.24) is 5.32 Å². The maximum Gasteiger partial charge on any atom is 0.0955 e. The fraction of sp³-hybridized carbons (Fsp3) is 0.474. The molecule has 1 heterocycles. The predicted molar refractivity (Wildman–Crippen MR) is 88.5 cm³/mol. The Morgan fingerprint density at radius 1 is 1.10 bits per heavy atom. The van der Waals surface area contributed by atoms with Crippen LogP contribution in [0.4, 0.5) is 0 Å². The van der Waals surface area contributed by atoms with E-state index in [1.807, 2.05) is 0 Å². The van der Waals surface area contributed by atoms with Gasteiger partial charge >= 0.3 is 0 Å². The average Bonchev–Trinajstić information content (AvgIpc) is 2.77. The van der Waals surface area contributed by atoms with E-state index in [0.717, 1.165) is 19.7 Å². The van der Waals surface area contributed by atoms with Gasteiger partial charge in [-0.2, -0.15) is 0 Å². The van der Waals surface area contributed by atoms with Gasteiger partial charge in [-0.3, -0.25) is 0 Å². The summed E-state index contributed by atoms with van der Waals surface area (Å²) < 4.78 is 6.33. The lowest BCUT2D eigenvalue weighted by Crippen LogP contribution is -2.34. The zero-order chi connectivity index (χ0) is 14.7. The van der Waals surface area contributed by atoms with Gasteiger partial charge < -0.3 is 10.1 Å². The van der Waals surface area contributed by atoms with Crippen LogP contribution in [-0.2, 0) is 4.74 Å². The van der Waals surface area contributed by atoms with Crippen LogP contribution in [0.15, 0.2) is 42.5 Å². The normalized spacial score (nSPS) is 22.1. The molecular formula is C19H25NO. The van der Waals surface area contributed by atoms with Gasteiger partial charge in [0.2, 0.25) is 0 Å². The first-order valence-electron chi connectivity index (χ1n) is 8.08. The van der Waals surface area contributed by atoms with Crippen molar-refractivity contribution >= 4 is 10.8 Å². The molecule has 0 aliphatic carbocycles. The highest BCUT2D eigenvalue weighted by Crippen LogP contribution is 2.33. The minimum atomic E-state index is 0.149. The van der Waals surface area contributed by atoms with Crippen LogP contribution >= 0.6 is 0 Å². The molecule has 0 spiro atoms. The van der Waals surface area contributed by atoms with Crippen molar-refractivity contribution in [3.63, 3.8) is 0 Å². The molecule has 1 saturated heterocycles. The zero-order valence-electron chi connectivity index (χ0n) is 13.1. The average molecular weight is 283 g/mol. The minimum Gasteiger partial charge on any atom is -0.372 e. The highest BCUT2D eigenvalue weighted by atomic mass is 16.5. The van der Waals surface area contributed by atoms with Crippen LogP contribution in [0.5, 0.6) is 0 Å². The van der Waals surface area contributed by atoms with Crippen molar-refractivity contribution in [3.05, 3.63) is 48.0 Å². The first-order chi connectivity index (χ1) is 10.3. The third-order valence-corrected chi connectivity index (χ3v) is 5.09. The Balaban J connectivity index is 1.90. The summed E-state index contributed by atoms with van der Waals surface area (Å²) in [5, 5.41) is 6.23. The van der Waals surface area contributed by atoms with E-state index in [1.165, 1.54) is 29.2 Å². The fourth-order valence-electron chi connectivity index (χ4n) is 3.29. The number of fused-ring (bicyclic) bond motifs is 1. The molecule has 1 aliphatic rings. The summed E-state index contributed by atoms with van der Waals surface area (Å²) in [5.74, 6) is 0. The lowest BCUT2D eigenvalue weighted by Gasteiger charge is -2.29. The van der Waals surface area contributed by atoms with E-state index in [2.05, 4.69) is 61.6 Å². The smallest absolute Gasteiger partial charge is 0.0955 e. The third kappa shape index (κ3) is 2.83. The Hall–Kier alpha value is -1.38. The maximum atomic E-state index is 6.33. The van der Waals surface area contributed by atoms with Gasteiger partial charge in [-0.15, -0.1) is 0 Å². The molecule has 0 amide bonds. The quantitative estimate of drug-likeness (QED) is 0.906. The standard InChI is InChI=1S/C19H25NO/c1-3-19(4-2)13-20-12-18(21-14-19)17-11-7-9-15-8-5-6-10-16(15)17/h5-11,18,20H,3-4,12-14H2,1-2H3. The van der Waals surface area contributed by atoms with Gasteiger partial charge in [0.15, 0.2) is 0 Å². The minimum absolute atomic E-state index is 0.149. The number of nitrogens with one attached hydrogen (secondary N) is 1. The van der Waals surface area contributed by atoms with Crippen molar-refractivity contribution in [1.29, 1.82) is 0 Å². The maximum absolute atomic E-state index is 6.33. The summed E-state index contributed by atoms with van der Waals surface area (Å²) >= 11 is 0. The monoisotopic (exact) mass is 283 g/mol. The summed E-state index contributed by atoms with van der Waals surface area (Å²) in [6.45, 7) is 7.34.